The Morgan fingerprint density at radius 3 is 2.19 bits per heavy atom. The molecule has 0 unspecified atom stereocenters. The Morgan fingerprint density at radius 2 is 1.66 bits per heavy atom. The average molecular weight is 456 g/mol. The van der Waals surface area contributed by atoms with Gasteiger partial charge >= 0.3 is 11.9 Å². The summed E-state index contributed by atoms with van der Waals surface area (Å²) in [4.78, 5) is 23.4. The average Bonchev–Trinajstić information content (AvgIpc) is 2.65. The quantitative estimate of drug-likeness (QED) is 0.396. The summed E-state index contributed by atoms with van der Waals surface area (Å²) in [6.45, 7) is 11.0. The third kappa shape index (κ3) is 6.55. The third-order valence-electron chi connectivity index (χ3n) is 4.59. The van der Waals surface area contributed by atoms with E-state index >= 15 is 0 Å². The van der Waals surface area contributed by atoms with E-state index in [9.17, 15) is 30.0 Å². The van der Waals surface area contributed by atoms with Crippen LogP contribution in [0.5, 0.6) is 5.75 Å². The van der Waals surface area contributed by atoms with Crippen molar-refractivity contribution in [3.8, 4) is 5.75 Å². The lowest BCUT2D eigenvalue weighted by Crippen LogP contribution is -2.61. The van der Waals surface area contributed by atoms with Gasteiger partial charge in [0.15, 0.2) is 6.10 Å². The molecule has 10 heteroatoms. The molecule has 1 aliphatic rings. The molecule has 0 aromatic heterocycles. The minimum Gasteiger partial charge on any atom is -0.479 e. The van der Waals surface area contributed by atoms with E-state index < -0.39 is 47.6 Å². The van der Waals surface area contributed by atoms with Gasteiger partial charge in [-0.15, -0.1) is 0 Å². The van der Waals surface area contributed by atoms with Crippen molar-refractivity contribution in [3.63, 3.8) is 0 Å². The fourth-order valence-electron chi connectivity index (χ4n) is 2.91. The molecule has 0 spiro atoms. The van der Waals surface area contributed by atoms with Gasteiger partial charge in [-0.1, -0.05) is 6.07 Å². The van der Waals surface area contributed by atoms with Crippen LogP contribution >= 0.6 is 0 Å². The fourth-order valence-corrected chi connectivity index (χ4v) is 2.91. The fraction of sp³-hybridized carbons (Fsp3) is 0.636. The van der Waals surface area contributed by atoms with Gasteiger partial charge in [-0.05, 0) is 59.2 Å². The highest BCUT2D eigenvalue weighted by Gasteiger charge is 2.48. The molecular formula is C22H33NO9. The summed E-state index contributed by atoms with van der Waals surface area (Å²) in [7, 11) is 0. The van der Waals surface area contributed by atoms with E-state index in [-0.39, 0.29) is 18.3 Å². The lowest BCUT2D eigenvalue weighted by atomic mass is 9.97. The van der Waals surface area contributed by atoms with E-state index in [1.807, 2.05) is 20.8 Å². The first-order chi connectivity index (χ1) is 14.6. The number of anilines is 1. The highest BCUT2D eigenvalue weighted by Crippen LogP contribution is 2.32. The molecule has 1 heterocycles. The molecule has 0 aliphatic carbocycles. The Morgan fingerprint density at radius 1 is 1.03 bits per heavy atom. The number of hydrogen-bond donors (Lipinski definition) is 5. The van der Waals surface area contributed by atoms with E-state index in [0.717, 1.165) is 0 Å². The van der Waals surface area contributed by atoms with Crippen molar-refractivity contribution in [2.75, 3.05) is 5.32 Å². The second kappa shape index (κ2) is 9.62. The van der Waals surface area contributed by atoms with Gasteiger partial charge in [0.05, 0.1) is 11.1 Å². The minimum absolute atomic E-state index is 0.0315. The molecule has 1 aliphatic heterocycles. The predicted octanol–water partition coefficient (Wildman–Crippen LogP) is 1.26. The van der Waals surface area contributed by atoms with E-state index in [2.05, 4.69) is 5.32 Å². The zero-order valence-corrected chi connectivity index (χ0v) is 19.2. The van der Waals surface area contributed by atoms with Crippen LogP contribution in [-0.2, 0) is 25.7 Å². The Kier molecular flexibility index (Phi) is 7.77. The molecule has 5 atom stereocenters. The number of aliphatic hydroxyl groups excluding tert-OH is 3. The van der Waals surface area contributed by atoms with Gasteiger partial charge < -0.3 is 40.0 Å². The lowest BCUT2D eigenvalue weighted by molar-refractivity contribution is -0.271. The van der Waals surface area contributed by atoms with Gasteiger partial charge in [0, 0.05) is 5.54 Å². The molecule has 0 bridgehead atoms. The highest BCUT2D eigenvalue weighted by atomic mass is 16.7. The van der Waals surface area contributed by atoms with Crippen LogP contribution in [-0.4, -0.2) is 68.6 Å². The van der Waals surface area contributed by atoms with Crippen molar-refractivity contribution in [2.24, 2.45) is 5.41 Å². The number of esters is 1. The molecule has 0 radical (unpaired) electrons. The standard InChI is InChI=1S/C22H33NO9/c1-21(2,3)20(29)30-10-11-7-8-13(12(9-11)23-22(4,5)6)31-19-16(26)14(24)15(25)17(32-19)18(27)28/h7-9,14-17,19,23-26H,10H2,1-6H3,(H,27,28)/t14-,15-,16+,17-,19+/m1/s1. The molecule has 0 amide bonds. The lowest BCUT2D eigenvalue weighted by Gasteiger charge is -2.38. The van der Waals surface area contributed by atoms with Gasteiger partial charge in [-0.3, -0.25) is 4.79 Å². The van der Waals surface area contributed by atoms with Crippen molar-refractivity contribution >= 4 is 17.6 Å². The number of carbonyl (C=O) groups is 2. The second-order valence-corrected chi connectivity index (χ2v) is 9.88. The molecule has 32 heavy (non-hydrogen) atoms. The molecule has 1 saturated heterocycles. The molecule has 2 rings (SSSR count). The number of hydrogen-bond acceptors (Lipinski definition) is 9. The molecular weight excluding hydrogens is 422 g/mol. The Bertz CT molecular complexity index is 828. The zero-order valence-electron chi connectivity index (χ0n) is 19.2. The number of aliphatic hydroxyl groups is 3. The SMILES string of the molecule is CC(C)(C)Nc1cc(COC(=O)C(C)(C)C)ccc1O[C@H]1O[C@@H](C(=O)O)[C@H](O)[C@@H](O)[C@@H]1O. The van der Waals surface area contributed by atoms with Crippen LogP contribution in [0.3, 0.4) is 0 Å². The predicted molar refractivity (Wildman–Crippen MR) is 114 cm³/mol. The number of ether oxygens (including phenoxy) is 3. The van der Waals surface area contributed by atoms with Crippen molar-refractivity contribution < 1.29 is 44.2 Å². The number of benzene rings is 1. The van der Waals surface area contributed by atoms with Crippen LogP contribution in [0.1, 0.15) is 47.1 Å². The topological polar surface area (TPSA) is 155 Å². The van der Waals surface area contributed by atoms with Crippen LogP contribution in [0, 0.1) is 5.41 Å². The summed E-state index contributed by atoms with van der Waals surface area (Å²) in [5.74, 6) is -1.64. The van der Waals surface area contributed by atoms with E-state index in [1.54, 1.807) is 39.0 Å². The third-order valence-corrected chi connectivity index (χ3v) is 4.59. The normalized spacial score (nSPS) is 26.3. The second-order valence-electron chi connectivity index (χ2n) is 9.88. The van der Waals surface area contributed by atoms with Crippen molar-refractivity contribution in [2.45, 2.75) is 84.4 Å². The summed E-state index contributed by atoms with van der Waals surface area (Å²) in [5, 5.41) is 42.5. The monoisotopic (exact) mass is 455 g/mol. The maximum atomic E-state index is 12.1. The first-order valence-electron chi connectivity index (χ1n) is 10.3. The van der Waals surface area contributed by atoms with Gasteiger partial charge in [0.25, 0.3) is 0 Å². The Hall–Kier alpha value is -2.40. The maximum absolute atomic E-state index is 12.1. The molecule has 5 N–H and O–H groups in total. The van der Waals surface area contributed by atoms with Crippen LogP contribution in [0.4, 0.5) is 5.69 Å². The zero-order chi connectivity index (χ0) is 24.4. The smallest absolute Gasteiger partial charge is 0.335 e. The summed E-state index contributed by atoms with van der Waals surface area (Å²) in [5.41, 5.74) is 0.107. The molecule has 1 aromatic rings. The number of rotatable bonds is 6. The van der Waals surface area contributed by atoms with Crippen LogP contribution in [0.25, 0.3) is 0 Å². The first-order valence-corrected chi connectivity index (χ1v) is 10.3. The molecule has 180 valence electrons. The van der Waals surface area contributed by atoms with Crippen molar-refractivity contribution in [1.29, 1.82) is 0 Å². The Balaban J connectivity index is 2.27. The van der Waals surface area contributed by atoms with Gasteiger partial charge in [-0.2, -0.15) is 0 Å². The van der Waals surface area contributed by atoms with E-state index in [0.29, 0.717) is 11.3 Å². The molecule has 10 nitrogen and oxygen atoms in total. The number of carboxylic acids is 1. The Labute approximate surface area is 187 Å². The van der Waals surface area contributed by atoms with Crippen molar-refractivity contribution in [3.05, 3.63) is 23.8 Å². The largest absolute Gasteiger partial charge is 0.479 e. The summed E-state index contributed by atoms with van der Waals surface area (Å²) in [6, 6.07) is 4.90. The van der Waals surface area contributed by atoms with Gasteiger partial charge in [0.2, 0.25) is 6.29 Å². The first kappa shape index (κ1) is 25.9. The van der Waals surface area contributed by atoms with Crippen LogP contribution < -0.4 is 10.1 Å². The van der Waals surface area contributed by atoms with Gasteiger partial charge in [-0.25, -0.2) is 4.79 Å². The molecule has 1 fully saturated rings. The number of carbonyl (C=O) groups excluding carboxylic acids is 1. The number of aliphatic carboxylic acids is 1. The summed E-state index contributed by atoms with van der Waals surface area (Å²) in [6.07, 6.45) is -8.58. The van der Waals surface area contributed by atoms with E-state index in [1.165, 1.54) is 0 Å². The molecule has 1 aromatic carbocycles. The van der Waals surface area contributed by atoms with Crippen LogP contribution in [0.2, 0.25) is 0 Å². The summed E-state index contributed by atoms with van der Waals surface area (Å²) >= 11 is 0. The number of carboxylic acid groups (broad SMARTS) is 1. The minimum atomic E-state index is -1.81. The summed E-state index contributed by atoms with van der Waals surface area (Å²) < 4.78 is 16.3. The van der Waals surface area contributed by atoms with Crippen LogP contribution in [0.15, 0.2) is 18.2 Å². The highest BCUT2D eigenvalue weighted by molar-refractivity contribution is 5.75. The maximum Gasteiger partial charge on any atom is 0.335 e. The van der Waals surface area contributed by atoms with Crippen molar-refractivity contribution in [1.82, 2.24) is 0 Å². The number of nitrogens with one attached hydrogen (secondary N) is 1. The van der Waals surface area contributed by atoms with Gasteiger partial charge in [0.1, 0.15) is 30.7 Å². The molecule has 0 saturated carbocycles. The van der Waals surface area contributed by atoms with E-state index in [4.69, 9.17) is 14.2 Å².